The summed E-state index contributed by atoms with van der Waals surface area (Å²) in [5, 5.41) is 9.01. The molecule has 0 radical (unpaired) electrons. The van der Waals surface area contributed by atoms with Crippen LogP contribution in [0.5, 0.6) is 0 Å². The molecule has 1 aliphatic heterocycles. The van der Waals surface area contributed by atoms with Crippen LogP contribution < -0.4 is 0 Å². The van der Waals surface area contributed by atoms with Crippen LogP contribution in [0.25, 0.3) is 0 Å². The number of hydrogen-bond donors (Lipinski definition) is 0. The number of thioether (sulfide) groups is 1. The van der Waals surface area contributed by atoms with Gasteiger partial charge in [-0.2, -0.15) is 17.0 Å². The van der Waals surface area contributed by atoms with Gasteiger partial charge in [-0.25, -0.2) is 0 Å². The van der Waals surface area contributed by atoms with E-state index in [9.17, 15) is 0 Å². The molecule has 0 aromatic heterocycles. The third-order valence-electron chi connectivity index (χ3n) is 3.21. The van der Waals surface area contributed by atoms with E-state index in [0.717, 1.165) is 32.6 Å². The fourth-order valence-corrected chi connectivity index (χ4v) is 2.58. The first-order chi connectivity index (χ1) is 7.81. The quantitative estimate of drug-likeness (QED) is 0.662. The Labute approximate surface area is 104 Å². The first-order valence-electron chi connectivity index (χ1n) is 6.16. The van der Waals surface area contributed by atoms with E-state index in [1.165, 1.54) is 18.7 Å². The Morgan fingerprint density at radius 1 is 1.31 bits per heavy atom. The van der Waals surface area contributed by atoms with Crippen LogP contribution in [0.2, 0.25) is 0 Å². The maximum Gasteiger partial charge on any atom is 0.0976 e. The fourth-order valence-electron chi connectivity index (χ4n) is 2.16. The second-order valence-electron chi connectivity index (χ2n) is 4.28. The number of nitriles is 1. The summed E-state index contributed by atoms with van der Waals surface area (Å²) in [4.78, 5) is 4.85. The highest BCUT2D eigenvalue weighted by molar-refractivity contribution is 7.98. The molecule has 0 aromatic rings. The predicted molar refractivity (Wildman–Crippen MR) is 70.7 cm³/mol. The average Bonchev–Trinajstić information content (AvgIpc) is 2.33. The van der Waals surface area contributed by atoms with Crippen molar-refractivity contribution in [3.8, 4) is 6.07 Å². The molecular weight excluding hydrogens is 218 g/mol. The van der Waals surface area contributed by atoms with Gasteiger partial charge in [0, 0.05) is 26.2 Å². The van der Waals surface area contributed by atoms with Crippen LogP contribution in [0.3, 0.4) is 0 Å². The number of piperazine rings is 1. The van der Waals surface area contributed by atoms with Crippen molar-refractivity contribution in [2.24, 2.45) is 0 Å². The summed E-state index contributed by atoms with van der Waals surface area (Å²) in [5.74, 6) is 1.26. The molecule has 92 valence electrons. The molecule has 0 aromatic carbocycles. The average molecular weight is 241 g/mol. The third-order valence-corrected chi connectivity index (χ3v) is 3.90. The summed E-state index contributed by atoms with van der Waals surface area (Å²) in [6.45, 7) is 7.70. The Morgan fingerprint density at radius 3 is 2.50 bits per heavy atom. The zero-order valence-electron chi connectivity index (χ0n) is 10.5. The molecule has 1 atom stereocenters. The minimum Gasteiger partial charge on any atom is -0.301 e. The van der Waals surface area contributed by atoms with Crippen molar-refractivity contribution >= 4 is 11.8 Å². The lowest BCUT2D eigenvalue weighted by atomic mass is 10.2. The van der Waals surface area contributed by atoms with E-state index in [1.807, 2.05) is 11.8 Å². The molecule has 3 nitrogen and oxygen atoms in total. The molecule has 0 bridgehead atoms. The lowest BCUT2D eigenvalue weighted by molar-refractivity contribution is 0.113. The lowest BCUT2D eigenvalue weighted by Crippen LogP contribution is -2.50. The lowest BCUT2D eigenvalue weighted by Gasteiger charge is -2.36. The molecule has 1 rings (SSSR count). The van der Waals surface area contributed by atoms with Gasteiger partial charge in [0.05, 0.1) is 12.1 Å². The Balaban J connectivity index is 2.20. The minimum atomic E-state index is 0.133. The van der Waals surface area contributed by atoms with E-state index in [4.69, 9.17) is 5.26 Å². The standard InChI is InChI=1S/C12H23N3S/c1-3-12(11-13)15-8-6-14(7-9-15)5-4-10-16-2/h12H,3-10H2,1-2H3. The van der Waals surface area contributed by atoms with Crippen molar-refractivity contribution in [2.45, 2.75) is 25.8 Å². The topological polar surface area (TPSA) is 30.3 Å². The van der Waals surface area contributed by atoms with Crippen LogP contribution in [0.15, 0.2) is 0 Å². The molecule has 0 N–H and O–H groups in total. The molecule has 1 unspecified atom stereocenters. The molecule has 4 heteroatoms. The summed E-state index contributed by atoms with van der Waals surface area (Å²) in [7, 11) is 0. The predicted octanol–water partition coefficient (Wildman–Crippen LogP) is 1.66. The van der Waals surface area contributed by atoms with Gasteiger partial charge in [0.2, 0.25) is 0 Å². The highest BCUT2D eigenvalue weighted by Gasteiger charge is 2.21. The highest BCUT2D eigenvalue weighted by Crippen LogP contribution is 2.09. The Kier molecular flexibility index (Phi) is 6.86. The Bertz CT molecular complexity index is 219. The van der Waals surface area contributed by atoms with Crippen molar-refractivity contribution in [1.82, 2.24) is 9.80 Å². The van der Waals surface area contributed by atoms with Gasteiger partial charge >= 0.3 is 0 Å². The van der Waals surface area contributed by atoms with Crippen LogP contribution >= 0.6 is 11.8 Å². The van der Waals surface area contributed by atoms with E-state index >= 15 is 0 Å². The molecule has 0 spiro atoms. The SMILES string of the molecule is CCC(C#N)N1CCN(CCCSC)CC1. The van der Waals surface area contributed by atoms with Gasteiger partial charge in [-0.3, -0.25) is 4.90 Å². The maximum atomic E-state index is 9.01. The summed E-state index contributed by atoms with van der Waals surface area (Å²) < 4.78 is 0. The zero-order chi connectivity index (χ0) is 11.8. The monoisotopic (exact) mass is 241 g/mol. The number of rotatable bonds is 6. The minimum absolute atomic E-state index is 0.133. The van der Waals surface area contributed by atoms with Crippen LogP contribution in [-0.4, -0.2) is 60.6 Å². The molecule has 1 heterocycles. The maximum absolute atomic E-state index is 9.01. The van der Waals surface area contributed by atoms with E-state index in [0.29, 0.717) is 0 Å². The van der Waals surface area contributed by atoms with E-state index < -0.39 is 0 Å². The Hall–Kier alpha value is -0.240. The highest BCUT2D eigenvalue weighted by atomic mass is 32.2. The van der Waals surface area contributed by atoms with E-state index in [2.05, 4.69) is 29.0 Å². The van der Waals surface area contributed by atoms with Gasteiger partial charge in [-0.1, -0.05) is 6.92 Å². The first kappa shape index (κ1) is 13.8. The summed E-state index contributed by atoms with van der Waals surface area (Å²) in [6, 6.07) is 2.53. The summed E-state index contributed by atoms with van der Waals surface area (Å²) in [5.41, 5.74) is 0. The van der Waals surface area contributed by atoms with Crippen molar-refractivity contribution in [1.29, 1.82) is 5.26 Å². The van der Waals surface area contributed by atoms with Gasteiger partial charge in [-0.05, 0) is 31.4 Å². The van der Waals surface area contributed by atoms with Crippen molar-refractivity contribution in [3.63, 3.8) is 0 Å². The van der Waals surface area contributed by atoms with Crippen molar-refractivity contribution < 1.29 is 0 Å². The number of nitrogens with zero attached hydrogens (tertiary/aromatic N) is 3. The second kappa shape index (κ2) is 7.94. The normalized spacial score (nSPS) is 20.6. The summed E-state index contributed by atoms with van der Waals surface area (Å²) >= 11 is 1.92. The van der Waals surface area contributed by atoms with E-state index in [1.54, 1.807) is 0 Å². The third kappa shape index (κ3) is 4.32. The van der Waals surface area contributed by atoms with Crippen LogP contribution in [0.4, 0.5) is 0 Å². The van der Waals surface area contributed by atoms with Crippen LogP contribution in [0, 0.1) is 11.3 Å². The molecular formula is C12H23N3S. The molecule has 0 aliphatic carbocycles. The van der Waals surface area contributed by atoms with E-state index in [-0.39, 0.29) is 6.04 Å². The first-order valence-corrected chi connectivity index (χ1v) is 7.56. The van der Waals surface area contributed by atoms with Crippen LogP contribution in [-0.2, 0) is 0 Å². The fraction of sp³-hybridized carbons (Fsp3) is 0.917. The van der Waals surface area contributed by atoms with Gasteiger partial charge in [0.15, 0.2) is 0 Å². The summed E-state index contributed by atoms with van der Waals surface area (Å²) in [6.07, 6.45) is 4.40. The molecule has 1 saturated heterocycles. The van der Waals surface area contributed by atoms with Crippen LogP contribution in [0.1, 0.15) is 19.8 Å². The molecule has 1 aliphatic rings. The second-order valence-corrected chi connectivity index (χ2v) is 5.26. The van der Waals surface area contributed by atoms with Gasteiger partial charge in [0.25, 0.3) is 0 Å². The zero-order valence-corrected chi connectivity index (χ0v) is 11.3. The van der Waals surface area contributed by atoms with Crippen molar-refractivity contribution in [3.05, 3.63) is 0 Å². The van der Waals surface area contributed by atoms with Crippen molar-refractivity contribution in [2.75, 3.05) is 44.7 Å². The molecule has 1 fully saturated rings. The molecule has 0 saturated carbocycles. The van der Waals surface area contributed by atoms with Gasteiger partial charge in [-0.15, -0.1) is 0 Å². The smallest absolute Gasteiger partial charge is 0.0976 e. The molecule has 16 heavy (non-hydrogen) atoms. The number of hydrogen-bond acceptors (Lipinski definition) is 4. The molecule has 0 amide bonds. The largest absolute Gasteiger partial charge is 0.301 e. The van der Waals surface area contributed by atoms with Gasteiger partial charge < -0.3 is 4.90 Å². The Morgan fingerprint density at radius 2 is 2.00 bits per heavy atom. The van der Waals surface area contributed by atoms with Gasteiger partial charge in [0.1, 0.15) is 0 Å².